The zero-order valence-corrected chi connectivity index (χ0v) is 13.5. The Kier molecular flexibility index (Phi) is 4.68. The zero-order valence-electron chi connectivity index (χ0n) is 12.7. The number of nitrogens with zero attached hydrogens (tertiary/aromatic N) is 1. The molecule has 2 N–H and O–H groups in total. The average Bonchev–Trinajstić information content (AvgIpc) is 2.91. The first-order valence-electron chi connectivity index (χ1n) is 7.33. The number of nitrogens with one attached hydrogen (secondary N) is 2. The van der Waals surface area contributed by atoms with Crippen LogP contribution in [0.1, 0.15) is 33.9 Å². The fraction of sp³-hybridized carbons (Fsp3) is 0.312. The maximum atomic E-state index is 12.2. The number of ether oxygens (including phenoxy) is 1. The van der Waals surface area contributed by atoms with Gasteiger partial charge in [0.2, 0.25) is 5.91 Å². The molecule has 0 atom stereocenters. The van der Waals surface area contributed by atoms with Crippen LogP contribution in [0.5, 0.6) is 0 Å². The van der Waals surface area contributed by atoms with Crippen molar-refractivity contribution in [2.45, 2.75) is 25.9 Å². The molecule has 1 aliphatic heterocycles. The zero-order chi connectivity index (χ0) is 16.2. The Morgan fingerprint density at radius 3 is 3.13 bits per heavy atom. The minimum Gasteiger partial charge on any atom is -0.378 e. The second-order valence-corrected chi connectivity index (χ2v) is 6.23. The summed E-state index contributed by atoms with van der Waals surface area (Å²) >= 11 is 1.39. The number of methoxy groups -OCH3 is 1. The highest BCUT2D eigenvalue weighted by molar-refractivity contribution is 7.09. The third-order valence-electron chi connectivity index (χ3n) is 3.54. The van der Waals surface area contributed by atoms with Crippen LogP contribution in [0.4, 0.5) is 11.4 Å². The molecule has 120 valence electrons. The van der Waals surface area contributed by atoms with Crippen LogP contribution in [0.25, 0.3) is 0 Å². The highest BCUT2D eigenvalue weighted by Crippen LogP contribution is 2.25. The van der Waals surface area contributed by atoms with E-state index in [1.54, 1.807) is 18.6 Å². The van der Waals surface area contributed by atoms with E-state index in [0.29, 0.717) is 24.4 Å². The summed E-state index contributed by atoms with van der Waals surface area (Å²) in [6.07, 6.45) is 2.15. The normalized spacial score (nSPS) is 13.9. The van der Waals surface area contributed by atoms with Crippen LogP contribution in [-0.4, -0.2) is 23.9 Å². The summed E-state index contributed by atoms with van der Waals surface area (Å²) in [6, 6.07) is 5.51. The number of anilines is 2. The van der Waals surface area contributed by atoms with Gasteiger partial charge in [-0.3, -0.25) is 9.59 Å². The molecule has 2 aromatic rings. The lowest BCUT2D eigenvalue weighted by Gasteiger charge is -2.10. The Hall–Kier alpha value is -2.25. The number of hydrogen-bond acceptors (Lipinski definition) is 5. The summed E-state index contributed by atoms with van der Waals surface area (Å²) in [4.78, 5) is 28.0. The molecule has 0 saturated heterocycles. The van der Waals surface area contributed by atoms with Crippen molar-refractivity contribution >= 4 is 34.5 Å². The van der Waals surface area contributed by atoms with E-state index in [2.05, 4.69) is 15.6 Å². The highest BCUT2D eigenvalue weighted by atomic mass is 32.1. The van der Waals surface area contributed by atoms with E-state index in [9.17, 15) is 9.59 Å². The minimum absolute atomic E-state index is 0.0358. The molecule has 6 nitrogen and oxygen atoms in total. The van der Waals surface area contributed by atoms with Gasteiger partial charge in [0.1, 0.15) is 10.7 Å². The van der Waals surface area contributed by atoms with Crippen molar-refractivity contribution in [2.24, 2.45) is 0 Å². The molecule has 0 unspecified atom stereocenters. The third-order valence-corrected chi connectivity index (χ3v) is 4.36. The Morgan fingerprint density at radius 2 is 2.30 bits per heavy atom. The summed E-state index contributed by atoms with van der Waals surface area (Å²) in [7, 11) is 1.59. The number of hydrogen-bond donors (Lipinski definition) is 2. The number of aromatic nitrogens is 1. The van der Waals surface area contributed by atoms with Gasteiger partial charge in [-0.1, -0.05) is 0 Å². The standard InChI is InChI=1S/C16H17N3O3S/c1-22-8-15-19-13(9-23-15)16(21)17-11-5-6-12-10(7-11)3-2-4-14(20)18-12/h5-7,9H,2-4,8H2,1H3,(H,17,21)(H,18,20). The lowest BCUT2D eigenvalue weighted by molar-refractivity contribution is -0.116. The van der Waals surface area contributed by atoms with Crippen molar-refractivity contribution in [1.29, 1.82) is 0 Å². The van der Waals surface area contributed by atoms with Crippen LogP contribution in [0.15, 0.2) is 23.6 Å². The first-order chi connectivity index (χ1) is 11.2. The van der Waals surface area contributed by atoms with E-state index < -0.39 is 0 Å². The maximum absolute atomic E-state index is 12.2. The van der Waals surface area contributed by atoms with Gasteiger partial charge in [-0.25, -0.2) is 4.98 Å². The Morgan fingerprint density at radius 1 is 1.43 bits per heavy atom. The molecule has 0 aliphatic carbocycles. The van der Waals surface area contributed by atoms with Crippen LogP contribution < -0.4 is 10.6 Å². The molecular weight excluding hydrogens is 314 g/mol. The molecule has 0 bridgehead atoms. The number of aryl methyl sites for hydroxylation is 1. The Bertz CT molecular complexity index is 742. The van der Waals surface area contributed by atoms with Gasteiger partial charge in [-0.2, -0.15) is 0 Å². The number of carbonyl (C=O) groups is 2. The minimum atomic E-state index is -0.249. The van der Waals surface area contributed by atoms with E-state index in [1.165, 1.54) is 11.3 Å². The van der Waals surface area contributed by atoms with E-state index in [0.717, 1.165) is 29.1 Å². The monoisotopic (exact) mass is 331 g/mol. The predicted octanol–water partition coefficient (Wildman–Crippen LogP) is 2.82. The lowest BCUT2D eigenvalue weighted by Crippen LogP contribution is -2.13. The lowest BCUT2D eigenvalue weighted by atomic mass is 10.1. The van der Waals surface area contributed by atoms with Crippen molar-refractivity contribution in [2.75, 3.05) is 17.7 Å². The fourth-order valence-electron chi connectivity index (χ4n) is 2.45. The molecule has 1 aromatic carbocycles. The first kappa shape index (κ1) is 15.6. The average molecular weight is 331 g/mol. The first-order valence-corrected chi connectivity index (χ1v) is 8.21. The van der Waals surface area contributed by atoms with Crippen molar-refractivity contribution in [1.82, 2.24) is 4.98 Å². The summed E-state index contributed by atoms with van der Waals surface area (Å²) in [5, 5.41) is 8.20. The van der Waals surface area contributed by atoms with Crippen LogP contribution in [0.2, 0.25) is 0 Å². The maximum Gasteiger partial charge on any atom is 0.275 e. The number of carbonyl (C=O) groups excluding carboxylic acids is 2. The number of amides is 2. The van der Waals surface area contributed by atoms with Gasteiger partial charge < -0.3 is 15.4 Å². The van der Waals surface area contributed by atoms with Crippen LogP contribution in [-0.2, 0) is 22.6 Å². The van der Waals surface area contributed by atoms with Gasteiger partial charge >= 0.3 is 0 Å². The summed E-state index contributed by atoms with van der Waals surface area (Å²) in [5.74, 6) is -0.213. The molecule has 1 aromatic heterocycles. The van der Waals surface area contributed by atoms with Gasteiger partial charge in [0.25, 0.3) is 5.91 Å². The van der Waals surface area contributed by atoms with E-state index in [1.807, 2.05) is 12.1 Å². The quantitative estimate of drug-likeness (QED) is 0.903. The summed E-state index contributed by atoms with van der Waals surface area (Å²) in [5.41, 5.74) is 2.94. The van der Waals surface area contributed by atoms with Gasteiger partial charge in [0, 0.05) is 30.3 Å². The molecule has 2 amide bonds. The van der Waals surface area contributed by atoms with Crippen LogP contribution in [0, 0.1) is 0 Å². The SMILES string of the molecule is COCc1nc(C(=O)Nc2ccc3c(c2)CCCC(=O)N3)cs1. The van der Waals surface area contributed by atoms with E-state index >= 15 is 0 Å². The second kappa shape index (κ2) is 6.89. The van der Waals surface area contributed by atoms with Gasteiger partial charge in [0.15, 0.2) is 0 Å². The number of fused-ring (bicyclic) bond motifs is 1. The van der Waals surface area contributed by atoms with Crippen molar-refractivity contribution in [3.05, 3.63) is 39.8 Å². The van der Waals surface area contributed by atoms with Crippen molar-refractivity contribution in [3.63, 3.8) is 0 Å². The van der Waals surface area contributed by atoms with Gasteiger partial charge in [-0.05, 0) is 36.6 Å². The Balaban J connectivity index is 1.73. The van der Waals surface area contributed by atoms with Crippen molar-refractivity contribution < 1.29 is 14.3 Å². The molecule has 23 heavy (non-hydrogen) atoms. The largest absolute Gasteiger partial charge is 0.378 e. The highest BCUT2D eigenvalue weighted by Gasteiger charge is 2.15. The molecule has 2 heterocycles. The molecular formula is C16H17N3O3S. The fourth-order valence-corrected chi connectivity index (χ4v) is 3.20. The number of benzene rings is 1. The van der Waals surface area contributed by atoms with Crippen LogP contribution >= 0.6 is 11.3 Å². The van der Waals surface area contributed by atoms with E-state index in [4.69, 9.17) is 4.74 Å². The van der Waals surface area contributed by atoms with E-state index in [-0.39, 0.29) is 11.8 Å². The number of rotatable bonds is 4. The predicted molar refractivity (Wildman–Crippen MR) is 88.8 cm³/mol. The molecule has 3 rings (SSSR count). The second-order valence-electron chi connectivity index (χ2n) is 5.29. The summed E-state index contributed by atoms with van der Waals surface area (Å²) < 4.78 is 5.00. The number of thiazole rings is 1. The molecule has 0 radical (unpaired) electrons. The Labute approximate surface area is 137 Å². The molecule has 1 aliphatic rings. The topological polar surface area (TPSA) is 80.3 Å². The molecule has 7 heteroatoms. The molecule has 0 fully saturated rings. The van der Waals surface area contributed by atoms with Gasteiger partial charge in [-0.15, -0.1) is 11.3 Å². The molecule has 0 spiro atoms. The smallest absolute Gasteiger partial charge is 0.275 e. The van der Waals surface area contributed by atoms with Crippen LogP contribution in [0.3, 0.4) is 0 Å². The van der Waals surface area contributed by atoms with Gasteiger partial charge in [0.05, 0.1) is 6.61 Å². The molecule has 0 saturated carbocycles. The van der Waals surface area contributed by atoms with Crippen molar-refractivity contribution in [3.8, 4) is 0 Å². The third kappa shape index (κ3) is 3.75. The summed E-state index contributed by atoms with van der Waals surface area (Å²) in [6.45, 7) is 0.399.